The van der Waals surface area contributed by atoms with E-state index in [2.05, 4.69) is 15.0 Å². The number of nitro groups is 1. The van der Waals surface area contributed by atoms with Crippen molar-refractivity contribution in [1.82, 2.24) is 15.0 Å². The van der Waals surface area contributed by atoms with Crippen LogP contribution in [-0.4, -0.2) is 19.9 Å². The highest BCUT2D eigenvalue weighted by Crippen LogP contribution is 2.47. The second kappa shape index (κ2) is 8.82. The minimum Gasteiger partial charge on any atom is -0.337 e. The number of H-pyrrole nitrogens is 1. The zero-order chi connectivity index (χ0) is 20.4. The van der Waals surface area contributed by atoms with Gasteiger partial charge in [-0.1, -0.05) is 70.1 Å². The molecule has 0 unspecified atom stereocenters. The third-order valence-electron chi connectivity index (χ3n) is 3.43. The summed E-state index contributed by atoms with van der Waals surface area (Å²) in [5, 5.41) is 11.4. The van der Waals surface area contributed by atoms with Gasteiger partial charge in [-0.05, 0) is 12.1 Å². The molecule has 0 fully saturated rings. The number of para-hydroxylation sites is 2. The molecule has 0 amide bonds. The summed E-state index contributed by atoms with van der Waals surface area (Å²) in [6.45, 7) is 0. The Bertz CT molecular complexity index is 1100. The van der Waals surface area contributed by atoms with Crippen LogP contribution in [0.3, 0.4) is 0 Å². The first-order valence-corrected chi connectivity index (χ1v) is 10.1. The molecule has 0 atom stereocenters. The number of rotatable bonds is 2. The van der Waals surface area contributed by atoms with Gasteiger partial charge in [0.1, 0.15) is 15.7 Å². The summed E-state index contributed by atoms with van der Waals surface area (Å²) < 4.78 is 0. The zero-order valence-corrected chi connectivity index (χ0v) is 18.0. The average molecular weight is 497 g/mol. The van der Waals surface area contributed by atoms with Crippen LogP contribution in [-0.2, 0) is 0 Å². The molecule has 0 aliphatic carbocycles. The summed E-state index contributed by atoms with van der Waals surface area (Å²) in [5.41, 5.74) is 4.20. The van der Waals surface area contributed by atoms with Gasteiger partial charge < -0.3 is 4.98 Å². The van der Waals surface area contributed by atoms with Gasteiger partial charge >= 0.3 is 5.69 Å². The predicted octanol–water partition coefficient (Wildman–Crippen LogP) is 7.55. The van der Waals surface area contributed by atoms with Gasteiger partial charge in [0.05, 0.1) is 36.5 Å². The molecule has 0 bridgehead atoms. The minimum atomic E-state index is -0.779. The quantitative estimate of drug-likeness (QED) is 0.134. The lowest BCUT2D eigenvalue weighted by Gasteiger charge is -2.05. The van der Waals surface area contributed by atoms with Crippen molar-refractivity contribution < 1.29 is 4.92 Å². The minimum absolute atomic E-state index is 0.103. The normalized spacial score (nSPS) is 10.6. The molecule has 4 rings (SSSR count). The molecule has 0 saturated heterocycles. The first kappa shape index (κ1) is 21.1. The Balaban J connectivity index is 0.000000161. The highest BCUT2D eigenvalue weighted by molar-refractivity contribution is 7.07. The van der Waals surface area contributed by atoms with Gasteiger partial charge in [-0.25, -0.2) is 9.97 Å². The number of aromatic nitrogens is 3. The third-order valence-corrected chi connectivity index (χ3v) is 6.28. The number of nitrogens with zero attached hydrogens (tertiary/aromatic N) is 3. The highest BCUT2D eigenvalue weighted by atomic mass is 35.5. The third kappa shape index (κ3) is 4.20. The van der Waals surface area contributed by atoms with E-state index < -0.39 is 10.6 Å². The number of fused-ring (bicyclic) bond motifs is 1. The first-order chi connectivity index (χ1) is 13.3. The summed E-state index contributed by atoms with van der Waals surface area (Å²) >= 11 is 29.5. The van der Waals surface area contributed by atoms with Crippen LogP contribution in [0.1, 0.15) is 0 Å². The predicted molar refractivity (Wildman–Crippen MR) is 115 cm³/mol. The Hall–Kier alpha value is -1.61. The SMILES string of the molecule is O=[N+]([O-])c1c(Cl)c(Cl)c(Cl)c(Cl)c1Cl.c1ccc2[nH]c(-c3cscn3)nc2c1. The Kier molecular flexibility index (Phi) is 6.65. The number of thiazole rings is 1. The molecule has 1 N–H and O–H groups in total. The van der Waals surface area contributed by atoms with Crippen molar-refractivity contribution >= 4 is 86.1 Å². The fourth-order valence-electron chi connectivity index (χ4n) is 2.16. The lowest BCUT2D eigenvalue weighted by molar-refractivity contribution is -0.384. The van der Waals surface area contributed by atoms with Crippen LogP contribution in [0.4, 0.5) is 5.69 Å². The van der Waals surface area contributed by atoms with Gasteiger partial charge in [-0.3, -0.25) is 10.1 Å². The molecule has 0 radical (unpaired) electrons. The smallest absolute Gasteiger partial charge is 0.309 e. The Morgan fingerprint density at radius 3 is 2.11 bits per heavy atom. The van der Waals surface area contributed by atoms with E-state index in [0.717, 1.165) is 22.6 Å². The molecule has 0 spiro atoms. The lowest BCUT2D eigenvalue weighted by Crippen LogP contribution is -1.92. The van der Waals surface area contributed by atoms with Crippen LogP contribution in [0.2, 0.25) is 25.1 Å². The molecule has 4 aromatic rings. The molecule has 2 aromatic carbocycles. The number of imidazole rings is 1. The monoisotopic (exact) mass is 494 g/mol. The fourth-order valence-corrected chi connectivity index (χ4v) is 3.96. The number of nitro benzene ring substituents is 1. The molecule has 0 aliphatic heterocycles. The van der Waals surface area contributed by atoms with Gasteiger partial charge in [-0.2, -0.15) is 0 Å². The van der Waals surface area contributed by atoms with E-state index in [1.165, 1.54) is 0 Å². The van der Waals surface area contributed by atoms with Gasteiger partial charge in [0.2, 0.25) is 0 Å². The van der Waals surface area contributed by atoms with Crippen LogP contribution in [0, 0.1) is 10.1 Å². The fraction of sp³-hybridized carbons (Fsp3) is 0. The van der Waals surface area contributed by atoms with Crippen molar-refractivity contribution in [1.29, 1.82) is 0 Å². The molecule has 0 aliphatic rings. The summed E-state index contributed by atoms with van der Waals surface area (Å²) in [4.78, 5) is 21.6. The molecule has 12 heteroatoms. The molecule has 28 heavy (non-hydrogen) atoms. The van der Waals surface area contributed by atoms with E-state index in [1.54, 1.807) is 11.3 Å². The molecule has 0 saturated carbocycles. The van der Waals surface area contributed by atoms with Gasteiger partial charge in [0.25, 0.3) is 0 Å². The summed E-state index contributed by atoms with van der Waals surface area (Å²) in [6, 6.07) is 7.97. The number of hydrogen-bond acceptors (Lipinski definition) is 5. The second-order valence-electron chi connectivity index (χ2n) is 5.15. The van der Waals surface area contributed by atoms with Crippen LogP contribution in [0.15, 0.2) is 35.2 Å². The zero-order valence-electron chi connectivity index (χ0n) is 13.4. The molecular weight excluding hydrogens is 490 g/mol. The number of halogens is 5. The van der Waals surface area contributed by atoms with Crippen LogP contribution >= 0.6 is 69.3 Å². The summed E-state index contributed by atoms with van der Waals surface area (Å²) in [7, 11) is 0. The van der Waals surface area contributed by atoms with Gasteiger partial charge in [0, 0.05) is 5.38 Å². The molecular formula is C16H7Cl5N4O2S. The van der Waals surface area contributed by atoms with Crippen LogP contribution in [0.5, 0.6) is 0 Å². The van der Waals surface area contributed by atoms with Crippen molar-refractivity contribution in [2.75, 3.05) is 0 Å². The van der Waals surface area contributed by atoms with Crippen LogP contribution < -0.4 is 0 Å². The molecule has 144 valence electrons. The van der Waals surface area contributed by atoms with E-state index >= 15 is 0 Å². The molecule has 2 heterocycles. The number of hydrogen-bond donors (Lipinski definition) is 1. The van der Waals surface area contributed by atoms with E-state index in [9.17, 15) is 10.1 Å². The standard InChI is InChI=1S/C10H7N3S.C6Cl5NO2/c1-2-4-8-7(3-1)12-10(13-8)9-5-14-6-11-9;7-1-2(8)4(10)6(12(13)14)5(11)3(1)9/h1-6H,(H,12,13);. The van der Waals surface area contributed by atoms with E-state index in [1.807, 2.05) is 35.2 Å². The second-order valence-corrected chi connectivity index (χ2v) is 7.76. The maximum Gasteiger partial charge on any atom is 0.309 e. The van der Waals surface area contributed by atoms with E-state index in [-0.39, 0.29) is 25.1 Å². The topological polar surface area (TPSA) is 84.7 Å². The first-order valence-electron chi connectivity index (χ1n) is 7.30. The van der Waals surface area contributed by atoms with Crippen molar-refractivity contribution in [3.63, 3.8) is 0 Å². The number of nitrogens with one attached hydrogen (secondary N) is 1. The summed E-state index contributed by atoms with van der Waals surface area (Å²) in [5.74, 6) is 0.840. The maximum atomic E-state index is 10.5. The Morgan fingerprint density at radius 1 is 0.964 bits per heavy atom. The number of aromatic amines is 1. The van der Waals surface area contributed by atoms with Crippen molar-refractivity contribution in [3.8, 4) is 11.5 Å². The van der Waals surface area contributed by atoms with Crippen molar-refractivity contribution in [2.24, 2.45) is 0 Å². The van der Waals surface area contributed by atoms with Crippen molar-refractivity contribution in [2.45, 2.75) is 0 Å². The number of benzene rings is 2. The lowest BCUT2D eigenvalue weighted by atomic mass is 10.3. The molecule has 2 aromatic heterocycles. The van der Waals surface area contributed by atoms with Crippen molar-refractivity contribution in [3.05, 3.63) is 70.4 Å². The van der Waals surface area contributed by atoms with Crippen LogP contribution in [0.25, 0.3) is 22.6 Å². The van der Waals surface area contributed by atoms with E-state index in [4.69, 9.17) is 58.0 Å². The van der Waals surface area contributed by atoms with Gasteiger partial charge in [0.15, 0.2) is 5.82 Å². The Morgan fingerprint density at radius 2 is 1.57 bits per heavy atom. The maximum absolute atomic E-state index is 10.5. The average Bonchev–Trinajstić information content (AvgIpc) is 3.34. The Labute approximate surface area is 187 Å². The highest BCUT2D eigenvalue weighted by Gasteiger charge is 2.27. The summed E-state index contributed by atoms with van der Waals surface area (Å²) in [6.07, 6.45) is 0. The van der Waals surface area contributed by atoms with E-state index in [0.29, 0.717) is 0 Å². The van der Waals surface area contributed by atoms with Gasteiger partial charge in [-0.15, -0.1) is 11.3 Å². The molecule has 6 nitrogen and oxygen atoms in total. The largest absolute Gasteiger partial charge is 0.337 e.